The number of carbonyl (C=O) groups is 1. The molecular weight excluding hydrogens is 378 g/mol. The van der Waals surface area contributed by atoms with Gasteiger partial charge >= 0.3 is 0 Å². The number of nitrogens with zero attached hydrogens (tertiary/aromatic N) is 4. The van der Waals surface area contributed by atoms with Crippen LogP contribution >= 0.6 is 13.5 Å². The molecule has 148 valence electrons. The van der Waals surface area contributed by atoms with E-state index in [1.807, 2.05) is 22.7 Å². The Morgan fingerprint density at radius 2 is 2.14 bits per heavy atom. The van der Waals surface area contributed by atoms with Crippen LogP contribution in [0.2, 0.25) is 0 Å². The molecule has 1 amide bonds. The number of aryl methyl sites for hydroxylation is 1. The second-order valence-corrected chi connectivity index (χ2v) is 7.40. The first kappa shape index (κ1) is 18.8. The highest BCUT2D eigenvalue weighted by atomic mass is 32.1. The van der Waals surface area contributed by atoms with Crippen molar-refractivity contribution in [2.24, 2.45) is 7.05 Å². The number of nitrogens with one attached hydrogen (secondary N) is 1. The van der Waals surface area contributed by atoms with Crippen LogP contribution in [0.5, 0.6) is 0 Å². The van der Waals surface area contributed by atoms with E-state index in [4.69, 9.17) is 4.42 Å². The molecule has 2 N–H and O–H groups in total. The van der Waals surface area contributed by atoms with Crippen LogP contribution in [0, 0.1) is 0 Å². The van der Waals surface area contributed by atoms with Crippen molar-refractivity contribution in [2.75, 3.05) is 23.3 Å². The molecule has 1 aromatic carbocycles. The van der Waals surface area contributed by atoms with Gasteiger partial charge in [0, 0.05) is 31.2 Å². The normalized spacial score (nSPS) is 19.1. The van der Waals surface area contributed by atoms with Crippen molar-refractivity contribution >= 4 is 42.0 Å². The molecule has 5 rings (SSSR count). The van der Waals surface area contributed by atoms with E-state index in [0.717, 1.165) is 35.0 Å². The van der Waals surface area contributed by atoms with Gasteiger partial charge < -0.3 is 19.7 Å². The third kappa shape index (κ3) is 3.35. The van der Waals surface area contributed by atoms with Gasteiger partial charge in [-0.15, -0.1) is 0 Å². The molecule has 28 heavy (non-hydrogen) atoms. The maximum absolute atomic E-state index is 12.7. The van der Waals surface area contributed by atoms with Gasteiger partial charge in [-0.2, -0.15) is 23.6 Å². The van der Waals surface area contributed by atoms with Crippen LogP contribution in [0.4, 0.5) is 11.7 Å². The van der Waals surface area contributed by atoms with Gasteiger partial charge in [0.25, 0.3) is 11.9 Å². The summed E-state index contributed by atoms with van der Waals surface area (Å²) in [5.41, 5.74) is 3.25. The lowest BCUT2D eigenvalue weighted by Crippen LogP contribution is -2.21. The average Bonchev–Trinajstić information content (AvgIpc) is 3.04. The molecule has 0 spiro atoms. The molecule has 3 aromatic rings. The van der Waals surface area contributed by atoms with Crippen LogP contribution in [0.15, 0.2) is 29.0 Å². The van der Waals surface area contributed by atoms with E-state index in [9.17, 15) is 9.90 Å². The highest BCUT2D eigenvalue weighted by molar-refractivity contribution is 7.59. The lowest BCUT2D eigenvalue weighted by molar-refractivity contribution is 0.102. The minimum atomic E-state index is -0.374. The highest BCUT2D eigenvalue weighted by Crippen LogP contribution is 2.44. The summed E-state index contributed by atoms with van der Waals surface area (Å²) in [6, 6.07) is 4.48. The number of rotatable bonds is 4. The number of amides is 1. The fourth-order valence-electron chi connectivity index (χ4n) is 3.67. The number of hydrogen-bond acceptors (Lipinski definition) is 6. The number of oxazole rings is 1. The Hall–Kier alpha value is -2.52. The monoisotopic (exact) mass is 401 g/mol. The molecule has 2 aromatic heterocycles. The Kier molecular flexibility index (Phi) is 4.80. The number of β-amino-alcohol motifs (C(OH)–C–C–N with tert-alkyl or cyclic N) is 1. The molecule has 2 aliphatic rings. The van der Waals surface area contributed by atoms with Gasteiger partial charge in [0.2, 0.25) is 0 Å². The molecule has 1 atom stereocenters. The van der Waals surface area contributed by atoms with E-state index in [0.29, 0.717) is 31.4 Å². The Morgan fingerprint density at radius 1 is 1.32 bits per heavy atom. The summed E-state index contributed by atoms with van der Waals surface area (Å²) in [6.07, 6.45) is 5.75. The van der Waals surface area contributed by atoms with Crippen LogP contribution in [-0.4, -0.2) is 45.0 Å². The maximum Gasteiger partial charge on any atom is 0.298 e. The molecule has 1 saturated heterocycles. The third-order valence-electron chi connectivity index (χ3n) is 5.34. The van der Waals surface area contributed by atoms with Crippen molar-refractivity contribution in [3.05, 3.63) is 35.9 Å². The lowest BCUT2D eigenvalue weighted by Gasteiger charge is -2.11. The Morgan fingerprint density at radius 3 is 2.86 bits per heavy atom. The van der Waals surface area contributed by atoms with Crippen molar-refractivity contribution < 1.29 is 14.3 Å². The predicted molar refractivity (Wildman–Crippen MR) is 110 cm³/mol. The van der Waals surface area contributed by atoms with Gasteiger partial charge in [0.1, 0.15) is 6.26 Å². The van der Waals surface area contributed by atoms with Crippen molar-refractivity contribution in [1.82, 2.24) is 14.8 Å². The largest absolute Gasteiger partial charge is 0.431 e. The third-order valence-corrected chi connectivity index (χ3v) is 5.34. The number of fused-ring (bicyclic) bond motifs is 1. The zero-order valence-corrected chi connectivity index (χ0v) is 16.6. The van der Waals surface area contributed by atoms with E-state index in [2.05, 4.69) is 21.5 Å². The maximum atomic E-state index is 12.7. The lowest BCUT2D eigenvalue weighted by atomic mass is 10.1. The molecule has 0 radical (unpaired) electrons. The van der Waals surface area contributed by atoms with Crippen molar-refractivity contribution in [3.8, 4) is 0 Å². The average molecular weight is 401 g/mol. The molecule has 9 heteroatoms. The molecule has 1 aliphatic heterocycles. The van der Waals surface area contributed by atoms with Gasteiger partial charge in [-0.05, 0) is 42.9 Å². The number of benzene rings is 1. The second-order valence-electron chi connectivity index (χ2n) is 7.40. The van der Waals surface area contributed by atoms with Crippen molar-refractivity contribution in [3.63, 3.8) is 0 Å². The van der Waals surface area contributed by atoms with E-state index >= 15 is 0 Å². The van der Waals surface area contributed by atoms with Gasteiger partial charge in [-0.3, -0.25) is 9.48 Å². The molecule has 0 bridgehead atoms. The number of anilines is 2. The fraction of sp³-hybridized carbons (Fsp3) is 0.421. The fourth-order valence-corrected chi connectivity index (χ4v) is 3.67. The summed E-state index contributed by atoms with van der Waals surface area (Å²) < 4.78 is 7.30. The number of aromatic nitrogens is 3. The Bertz CT molecular complexity index is 1030. The zero-order chi connectivity index (χ0) is 18.5. The quantitative estimate of drug-likeness (QED) is 0.697. The first-order chi connectivity index (χ1) is 13.1. The van der Waals surface area contributed by atoms with Gasteiger partial charge in [0.05, 0.1) is 17.8 Å². The smallest absolute Gasteiger partial charge is 0.298 e. The van der Waals surface area contributed by atoms with Crippen molar-refractivity contribution in [1.29, 1.82) is 0 Å². The standard InChI is InChI=1S/C19H21N5O3.H2S/c1-23-17-7-14(11-2-3-11)15(6-12(17)8-20-23)21-18(26)16-10-27-19(22-16)24-5-4-13(25)9-24;/h6-8,10-11,13,25H,2-5,9H2,1H3,(H,21,26);1H2/t13-;/m0./s1. The zero-order valence-electron chi connectivity index (χ0n) is 15.6. The van der Waals surface area contributed by atoms with Crippen LogP contribution in [-0.2, 0) is 7.05 Å². The van der Waals surface area contributed by atoms with E-state index in [1.54, 1.807) is 6.20 Å². The van der Waals surface area contributed by atoms with E-state index < -0.39 is 0 Å². The topological polar surface area (TPSA) is 96.4 Å². The van der Waals surface area contributed by atoms with E-state index in [1.165, 1.54) is 6.26 Å². The van der Waals surface area contributed by atoms with Gasteiger partial charge in [-0.25, -0.2) is 0 Å². The summed E-state index contributed by atoms with van der Waals surface area (Å²) in [6.45, 7) is 1.15. The predicted octanol–water partition coefficient (Wildman–Crippen LogP) is 2.37. The molecule has 0 unspecified atom stereocenters. The first-order valence-electron chi connectivity index (χ1n) is 9.24. The van der Waals surface area contributed by atoms with Crippen molar-refractivity contribution in [2.45, 2.75) is 31.3 Å². The van der Waals surface area contributed by atoms with Gasteiger partial charge in [0.15, 0.2) is 5.69 Å². The number of hydrogen-bond donors (Lipinski definition) is 2. The summed E-state index contributed by atoms with van der Waals surface area (Å²) in [5.74, 6) is 0.188. The summed E-state index contributed by atoms with van der Waals surface area (Å²) in [5, 5.41) is 17.9. The number of carbonyl (C=O) groups excluding carboxylic acids is 1. The first-order valence-corrected chi connectivity index (χ1v) is 9.24. The number of aliphatic hydroxyl groups excluding tert-OH is 1. The molecule has 1 saturated carbocycles. The molecule has 8 nitrogen and oxygen atoms in total. The molecule has 2 fully saturated rings. The minimum absolute atomic E-state index is 0. The molecular formula is C19H23N5O3S. The highest BCUT2D eigenvalue weighted by Gasteiger charge is 2.29. The SMILES string of the molecule is Cn1ncc2cc(NC(=O)c3coc(N4CC[C@H](O)C4)n3)c(C3CC3)cc21.S. The minimum Gasteiger partial charge on any atom is -0.431 e. The Balaban J connectivity index is 0.00000192. The van der Waals surface area contributed by atoms with Gasteiger partial charge in [-0.1, -0.05) is 0 Å². The molecule has 3 heterocycles. The number of aliphatic hydroxyl groups is 1. The molecule has 1 aliphatic carbocycles. The summed E-state index contributed by atoms with van der Waals surface area (Å²) in [7, 11) is 1.92. The van der Waals surface area contributed by atoms with Crippen LogP contribution in [0.3, 0.4) is 0 Å². The summed E-state index contributed by atoms with van der Waals surface area (Å²) in [4.78, 5) is 18.9. The van der Waals surface area contributed by atoms with Crippen LogP contribution in [0.25, 0.3) is 10.9 Å². The second kappa shape index (κ2) is 7.14. The summed E-state index contributed by atoms with van der Waals surface area (Å²) >= 11 is 0. The Labute approximate surface area is 169 Å². The van der Waals surface area contributed by atoms with Crippen LogP contribution in [0.1, 0.15) is 41.2 Å². The van der Waals surface area contributed by atoms with E-state index in [-0.39, 0.29) is 31.2 Å². The van der Waals surface area contributed by atoms with Crippen LogP contribution < -0.4 is 10.2 Å².